The van der Waals surface area contributed by atoms with Gasteiger partial charge in [-0.1, -0.05) is 0 Å². The van der Waals surface area contributed by atoms with Crippen molar-refractivity contribution in [2.24, 2.45) is 0 Å². The lowest BCUT2D eigenvalue weighted by Gasteiger charge is -2.07. The molecule has 0 bridgehead atoms. The molecule has 2 aromatic heterocycles. The number of hydrogen-bond donors (Lipinski definition) is 1. The predicted molar refractivity (Wildman–Crippen MR) is 67.7 cm³/mol. The second kappa shape index (κ2) is 4.78. The van der Waals surface area contributed by atoms with Gasteiger partial charge in [0.05, 0.1) is 5.69 Å². The highest BCUT2D eigenvalue weighted by molar-refractivity contribution is 5.42. The summed E-state index contributed by atoms with van der Waals surface area (Å²) in [6.45, 7) is 2.82. The van der Waals surface area contributed by atoms with Crippen molar-refractivity contribution in [3.05, 3.63) is 35.9 Å². The summed E-state index contributed by atoms with van der Waals surface area (Å²) in [4.78, 5) is 17.2. The van der Waals surface area contributed by atoms with Crippen LogP contribution >= 0.6 is 0 Å². The first-order chi connectivity index (χ1) is 8.83. The van der Waals surface area contributed by atoms with Crippen LogP contribution in [0.25, 0.3) is 11.6 Å². The van der Waals surface area contributed by atoms with Crippen molar-refractivity contribution in [2.75, 3.05) is 0 Å². The quantitative estimate of drug-likeness (QED) is 0.878. The highest BCUT2D eigenvalue weighted by Gasteiger charge is 2.20. The van der Waals surface area contributed by atoms with Crippen molar-refractivity contribution in [1.82, 2.24) is 25.3 Å². The largest absolute Gasteiger partial charge is 0.308 e. The van der Waals surface area contributed by atoms with Crippen LogP contribution in [0.2, 0.25) is 0 Å². The van der Waals surface area contributed by atoms with Gasteiger partial charge in [-0.2, -0.15) is 0 Å². The third kappa shape index (κ3) is 2.51. The Balaban J connectivity index is 1.84. The van der Waals surface area contributed by atoms with E-state index in [1.54, 1.807) is 18.5 Å². The lowest BCUT2D eigenvalue weighted by Crippen LogP contribution is -2.17. The molecular weight excluding hydrogens is 226 g/mol. The van der Waals surface area contributed by atoms with E-state index in [1.807, 2.05) is 13.1 Å². The van der Waals surface area contributed by atoms with Gasteiger partial charge in [0.1, 0.15) is 0 Å². The van der Waals surface area contributed by atoms with Gasteiger partial charge in [-0.15, -0.1) is 0 Å². The molecule has 0 radical (unpaired) electrons. The van der Waals surface area contributed by atoms with E-state index in [0.29, 0.717) is 17.7 Å². The lowest BCUT2D eigenvalue weighted by atomic mass is 10.2. The lowest BCUT2D eigenvalue weighted by molar-refractivity contribution is 0.669. The number of rotatable bonds is 4. The first-order valence-corrected chi connectivity index (χ1v) is 6.16. The molecule has 2 heterocycles. The zero-order chi connectivity index (χ0) is 12.4. The summed E-state index contributed by atoms with van der Waals surface area (Å²) in [5, 5.41) is 3.46. The van der Waals surface area contributed by atoms with Gasteiger partial charge in [0, 0.05) is 31.2 Å². The van der Waals surface area contributed by atoms with Gasteiger partial charge in [-0.05, 0) is 31.4 Å². The van der Waals surface area contributed by atoms with Gasteiger partial charge in [0.2, 0.25) is 0 Å². The van der Waals surface area contributed by atoms with Crippen molar-refractivity contribution < 1.29 is 0 Å². The Morgan fingerprint density at radius 1 is 1.17 bits per heavy atom. The van der Waals surface area contributed by atoms with Crippen LogP contribution in [0.15, 0.2) is 24.7 Å². The monoisotopic (exact) mass is 241 g/mol. The molecule has 1 aliphatic carbocycles. The molecule has 2 aromatic rings. The molecule has 0 aromatic carbocycles. The van der Waals surface area contributed by atoms with Crippen LogP contribution < -0.4 is 5.32 Å². The van der Waals surface area contributed by atoms with Crippen LogP contribution in [-0.2, 0) is 6.54 Å². The summed E-state index contributed by atoms with van der Waals surface area (Å²) < 4.78 is 0. The van der Waals surface area contributed by atoms with Crippen LogP contribution in [-0.4, -0.2) is 26.0 Å². The Kier molecular flexibility index (Phi) is 2.98. The average molecular weight is 241 g/mol. The molecule has 0 atom stereocenters. The van der Waals surface area contributed by atoms with Crippen LogP contribution in [0.3, 0.4) is 0 Å². The fourth-order valence-electron chi connectivity index (χ4n) is 1.71. The fourth-order valence-corrected chi connectivity index (χ4v) is 1.71. The number of nitrogens with zero attached hydrogens (tertiary/aromatic N) is 4. The smallest absolute Gasteiger partial charge is 0.197 e. The minimum atomic E-state index is 0.574. The van der Waals surface area contributed by atoms with Crippen molar-refractivity contribution in [1.29, 1.82) is 0 Å². The third-order valence-electron chi connectivity index (χ3n) is 2.98. The molecule has 18 heavy (non-hydrogen) atoms. The molecular formula is C13H15N5. The molecule has 0 spiro atoms. The van der Waals surface area contributed by atoms with E-state index in [2.05, 4.69) is 25.3 Å². The molecule has 1 N–H and O–H groups in total. The van der Waals surface area contributed by atoms with Gasteiger partial charge in [0.15, 0.2) is 11.6 Å². The molecule has 1 saturated carbocycles. The second-order valence-electron chi connectivity index (χ2n) is 4.55. The van der Waals surface area contributed by atoms with Crippen LogP contribution in [0, 0.1) is 6.92 Å². The van der Waals surface area contributed by atoms with Crippen molar-refractivity contribution in [3.8, 4) is 11.6 Å². The number of nitrogens with one attached hydrogen (secondary N) is 1. The van der Waals surface area contributed by atoms with Crippen LogP contribution in [0.5, 0.6) is 0 Å². The minimum absolute atomic E-state index is 0.574. The third-order valence-corrected chi connectivity index (χ3v) is 2.98. The van der Waals surface area contributed by atoms with Gasteiger partial charge in [0.25, 0.3) is 0 Å². The minimum Gasteiger partial charge on any atom is -0.308 e. The van der Waals surface area contributed by atoms with Gasteiger partial charge < -0.3 is 5.32 Å². The summed E-state index contributed by atoms with van der Waals surface area (Å²) in [6, 6.07) is 2.46. The number of hydrogen-bond acceptors (Lipinski definition) is 5. The molecule has 5 nitrogen and oxygen atoms in total. The first-order valence-electron chi connectivity index (χ1n) is 6.16. The Bertz CT molecular complexity index is 536. The molecule has 0 aliphatic heterocycles. The molecule has 3 rings (SSSR count). The summed E-state index contributed by atoms with van der Waals surface area (Å²) in [6.07, 6.45) is 7.79. The number of aryl methyl sites for hydroxylation is 1. The molecule has 0 amide bonds. The Labute approximate surface area is 106 Å². The molecule has 5 heteroatoms. The van der Waals surface area contributed by atoms with E-state index in [-0.39, 0.29) is 0 Å². The summed E-state index contributed by atoms with van der Waals surface area (Å²) in [7, 11) is 0. The average Bonchev–Trinajstić information content (AvgIpc) is 3.23. The van der Waals surface area contributed by atoms with E-state index in [0.717, 1.165) is 17.8 Å². The predicted octanol–water partition coefficient (Wildman–Crippen LogP) is 1.49. The van der Waals surface area contributed by atoms with E-state index < -0.39 is 0 Å². The normalized spacial score (nSPS) is 14.7. The Hall–Kier alpha value is -1.88. The van der Waals surface area contributed by atoms with Crippen LogP contribution in [0.1, 0.15) is 24.1 Å². The summed E-state index contributed by atoms with van der Waals surface area (Å²) in [5.41, 5.74) is 2.13. The van der Waals surface area contributed by atoms with Crippen molar-refractivity contribution in [2.45, 2.75) is 32.4 Å². The Morgan fingerprint density at radius 3 is 2.67 bits per heavy atom. The van der Waals surface area contributed by atoms with E-state index >= 15 is 0 Å². The summed E-state index contributed by atoms with van der Waals surface area (Å²) in [5.74, 6) is 1.17. The fraction of sp³-hybridized carbons (Fsp3) is 0.385. The zero-order valence-electron chi connectivity index (χ0n) is 10.3. The maximum atomic E-state index is 4.54. The van der Waals surface area contributed by atoms with Crippen LogP contribution in [0.4, 0.5) is 0 Å². The summed E-state index contributed by atoms with van der Waals surface area (Å²) >= 11 is 0. The van der Waals surface area contributed by atoms with E-state index in [9.17, 15) is 0 Å². The highest BCUT2D eigenvalue weighted by Crippen LogP contribution is 2.19. The zero-order valence-corrected chi connectivity index (χ0v) is 10.3. The SMILES string of the molecule is Cc1cnc(-c2ncccn2)nc1CNC1CC1. The number of aromatic nitrogens is 4. The van der Waals surface area contributed by atoms with Crippen molar-refractivity contribution in [3.63, 3.8) is 0 Å². The second-order valence-corrected chi connectivity index (χ2v) is 4.55. The molecule has 1 fully saturated rings. The molecule has 0 unspecified atom stereocenters. The topological polar surface area (TPSA) is 63.6 Å². The van der Waals surface area contributed by atoms with E-state index in [4.69, 9.17) is 0 Å². The molecule has 0 saturated heterocycles. The maximum absolute atomic E-state index is 4.54. The van der Waals surface area contributed by atoms with Gasteiger partial charge in [-0.25, -0.2) is 19.9 Å². The standard InChI is InChI=1S/C13H15N5/c1-9-7-17-13(12-14-5-2-6-15-12)18-11(9)8-16-10-3-4-10/h2,5-7,10,16H,3-4,8H2,1H3. The first kappa shape index (κ1) is 11.2. The highest BCUT2D eigenvalue weighted by atomic mass is 15.0. The maximum Gasteiger partial charge on any atom is 0.197 e. The Morgan fingerprint density at radius 2 is 1.94 bits per heavy atom. The van der Waals surface area contributed by atoms with Gasteiger partial charge in [-0.3, -0.25) is 0 Å². The van der Waals surface area contributed by atoms with Crippen molar-refractivity contribution >= 4 is 0 Å². The molecule has 92 valence electrons. The van der Waals surface area contributed by atoms with Gasteiger partial charge >= 0.3 is 0 Å². The van der Waals surface area contributed by atoms with E-state index in [1.165, 1.54) is 12.8 Å². The molecule has 1 aliphatic rings.